The van der Waals surface area contributed by atoms with Crippen LogP contribution in [0.15, 0.2) is 24.3 Å². The average molecular weight is 246 g/mol. The molecule has 0 aliphatic carbocycles. The number of benzene rings is 1. The van der Waals surface area contributed by atoms with Gasteiger partial charge in [-0.15, -0.1) is 0 Å². The lowest BCUT2D eigenvalue weighted by Gasteiger charge is -2.28. The van der Waals surface area contributed by atoms with Gasteiger partial charge in [0.05, 0.1) is 0 Å². The molecule has 1 fully saturated rings. The van der Waals surface area contributed by atoms with Gasteiger partial charge in [-0.1, -0.05) is 18.2 Å². The zero-order valence-corrected chi connectivity index (χ0v) is 10.8. The Kier molecular flexibility index (Phi) is 3.52. The second-order valence-corrected chi connectivity index (χ2v) is 5.45. The molecule has 0 radical (unpaired) electrons. The molecule has 98 valence electrons. The van der Waals surface area contributed by atoms with Gasteiger partial charge in [-0.25, -0.2) is 0 Å². The highest BCUT2D eigenvalue weighted by Crippen LogP contribution is 2.36. The van der Waals surface area contributed by atoms with E-state index in [0.29, 0.717) is 5.92 Å². The molecule has 2 heterocycles. The fourth-order valence-electron chi connectivity index (χ4n) is 3.20. The van der Waals surface area contributed by atoms with E-state index in [4.69, 9.17) is 10.5 Å². The van der Waals surface area contributed by atoms with Gasteiger partial charge in [-0.05, 0) is 30.4 Å². The third kappa shape index (κ3) is 2.25. The predicted molar refractivity (Wildman–Crippen MR) is 74.0 cm³/mol. The highest BCUT2D eigenvalue weighted by Gasteiger charge is 2.29. The van der Waals surface area contributed by atoms with E-state index in [-0.39, 0.29) is 0 Å². The predicted octanol–water partition coefficient (Wildman–Crippen LogP) is 1.98. The van der Waals surface area contributed by atoms with Crippen LogP contribution in [-0.2, 0) is 4.74 Å². The van der Waals surface area contributed by atoms with Gasteiger partial charge in [-0.3, -0.25) is 0 Å². The summed E-state index contributed by atoms with van der Waals surface area (Å²) in [6.07, 6.45) is 2.40. The van der Waals surface area contributed by atoms with Crippen LogP contribution in [0.3, 0.4) is 0 Å². The number of hydrogen-bond donors (Lipinski definition) is 1. The van der Waals surface area contributed by atoms with Crippen LogP contribution in [-0.4, -0.2) is 32.8 Å². The molecule has 18 heavy (non-hydrogen) atoms. The Bertz CT molecular complexity index is 401. The molecule has 1 atom stereocenters. The van der Waals surface area contributed by atoms with Crippen molar-refractivity contribution in [2.45, 2.75) is 18.8 Å². The first-order valence-corrected chi connectivity index (χ1v) is 7.00. The lowest BCUT2D eigenvalue weighted by atomic mass is 10.00. The molecule has 3 heteroatoms. The van der Waals surface area contributed by atoms with E-state index in [2.05, 4.69) is 29.2 Å². The molecule has 0 spiro atoms. The summed E-state index contributed by atoms with van der Waals surface area (Å²) in [5.41, 5.74) is 8.74. The zero-order chi connectivity index (χ0) is 12.4. The zero-order valence-electron chi connectivity index (χ0n) is 10.8. The second kappa shape index (κ2) is 5.29. The summed E-state index contributed by atoms with van der Waals surface area (Å²) >= 11 is 0. The SMILES string of the molecule is NCC1CN(CC2CCOCC2)c2ccccc21. The molecule has 0 saturated carbocycles. The van der Waals surface area contributed by atoms with Gasteiger partial charge in [0.15, 0.2) is 0 Å². The third-order valence-corrected chi connectivity index (χ3v) is 4.26. The van der Waals surface area contributed by atoms with E-state index in [1.54, 1.807) is 0 Å². The topological polar surface area (TPSA) is 38.5 Å². The lowest BCUT2D eigenvalue weighted by molar-refractivity contribution is 0.0683. The summed E-state index contributed by atoms with van der Waals surface area (Å²) in [6.45, 7) is 4.87. The second-order valence-electron chi connectivity index (χ2n) is 5.45. The number of hydrogen-bond acceptors (Lipinski definition) is 3. The Morgan fingerprint density at radius 1 is 1.22 bits per heavy atom. The summed E-state index contributed by atoms with van der Waals surface area (Å²) in [6, 6.07) is 8.73. The number of anilines is 1. The van der Waals surface area contributed by atoms with Crippen molar-refractivity contribution < 1.29 is 4.74 Å². The van der Waals surface area contributed by atoms with E-state index >= 15 is 0 Å². The summed E-state index contributed by atoms with van der Waals surface area (Å²) in [5.74, 6) is 1.30. The van der Waals surface area contributed by atoms with Crippen LogP contribution in [0.25, 0.3) is 0 Å². The molecule has 1 aromatic carbocycles. The number of para-hydroxylation sites is 1. The van der Waals surface area contributed by atoms with Gasteiger partial charge in [0.25, 0.3) is 0 Å². The maximum Gasteiger partial charge on any atom is 0.0469 e. The van der Waals surface area contributed by atoms with Crippen molar-refractivity contribution in [1.82, 2.24) is 0 Å². The number of nitrogens with zero attached hydrogens (tertiary/aromatic N) is 1. The van der Waals surface area contributed by atoms with Crippen LogP contribution in [0.2, 0.25) is 0 Å². The molecule has 0 bridgehead atoms. The standard InChI is InChI=1S/C15H22N2O/c16-9-13-11-17(10-12-5-7-18-8-6-12)15-4-2-1-3-14(13)15/h1-4,12-13H,5-11,16H2. The van der Waals surface area contributed by atoms with Crippen molar-refractivity contribution in [2.75, 3.05) is 37.7 Å². The molecule has 1 aromatic rings. The van der Waals surface area contributed by atoms with E-state index in [1.165, 1.54) is 24.1 Å². The van der Waals surface area contributed by atoms with E-state index < -0.39 is 0 Å². The van der Waals surface area contributed by atoms with E-state index in [9.17, 15) is 0 Å². The molecular formula is C15H22N2O. The molecular weight excluding hydrogens is 224 g/mol. The first kappa shape index (κ1) is 12.0. The van der Waals surface area contributed by atoms with Crippen LogP contribution >= 0.6 is 0 Å². The minimum absolute atomic E-state index is 0.515. The van der Waals surface area contributed by atoms with Crippen molar-refractivity contribution in [3.05, 3.63) is 29.8 Å². The summed E-state index contributed by atoms with van der Waals surface area (Å²) in [4.78, 5) is 2.53. The van der Waals surface area contributed by atoms with E-state index in [0.717, 1.165) is 38.8 Å². The lowest BCUT2D eigenvalue weighted by Crippen LogP contribution is -2.32. The molecule has 1 unspecified atom stereocenters. The molecule has 1 saturated heterocycles. The average Bonchev–Trinajstić information content (AvgIpc) is 2.78. The minimum Gasteiger partial charge on any atom is -0.381 e. The van der Waals surface area contributed by atoms with Crippen molar-refractivity contribution in [2.24, 2.45) is 11.7 Å². The van der Waals surface area contributed by atoms with Gasteiger partial charge in [0.1, 0.15) is 0 Å². The first-order valence-electron chi connectivity index (χ1n) is 7.00. The molecule has 3 rings (SSSR count). The molecule has 2 aliphatic rings. The van der Waals surface area contributed by atoms with Gasteiger partial charge in [0, 0.05) is 44.5 Å². The van der Waals surface area contributed by atoms with Gasteiger partial charge in [-0.2, -0.15) is 0 Å². The molecule has 2 aliphatic heterocycles. The first-order chi connectivity index (χ1) is 8.88. The van der Waals surface area contributed by atoms with Crippen LogP contribution in [0.5, 0.6) is 0 Å². The number of ether oxygens (including phenoxy) is 1. The fraction of sp³-hybridized carbons (Fsp3) is 0.600. The van der Waals surface area contributed by atoms with Gasteiger partial charge in [0.2, 0.25) is 0 Å². The normalized spacial score (nSPS) is 24.3. The summed E-state index contributed by atoms with van der Waals surface area (Å²) < 4.78 is 5.44. The van der Waals surface area contributed by atoms with Crippen LogP contribution in [0, 0.1) is 5.92 Å². The largest absolute Gasteiger partial charge is 0.381 e. The molecule has 0 amide bonds. The van der Waals surface area contributed by atoms with Crippen molar-refractivity contribution in [1.29, 1.82) is 0 Å². The van der Waals surface area contributed by atoms with Crippen LogP contribution < -0.4 is 10.6 Å². The molecule has 0 aromatic heterocycles. The van der Waals surface area contributed by atoms with E-state index in [1.807, 2.05) is 0 Å². The van der Waals surface area contributed by atoms with Crippen molar-refractivity contribution in [3.63, 3.8) is 0 Å². The Hall–Kier alpha value is -1.06. The highest BCUT2D eigenvalue weighted by molar-refractivity contribution is 5.60. The Morgan fingerprint density at radius 3 is 2.78 bits per heavy atom. The van der Waals surface area contributed by atoms with Crippen LogP contribution in [0.1, 0.15) is 24.3 Å². The van der Waals surface area contributed by atoms with Crippen LogP contribution in [0.4, 0.5) is 5.69 Å². The monoisotopic (exact) mass is 246 g/mol. The number of nitrogens with two attached hydrogens (primary N) is 1. The maximum absolute atomic E-state index is 5.90. The smallest absolute Gasteiger partial charge is 0.0469 e. The Labute approximate surface area is 109 Å². The molecule has 2 N–H and O–H groups in total. The molecule has 3 nitrogen and oxygen atoms in total. The summed E-state index contributed by atoms with van der Waals surface area (Å²) in [7, 11) is 0. The third-order valence-electron chi connectivity index (χ3n) is 4.26. The summed E-state index contributed by atoms with van der Waals surface area (Å²) in [5, 5.41) is 0. The number of fused-ring (bicyclic) bond motifs is 1. The van der Waals surface area contributed by atoms with Gasteiger partial charge >= 0.3 is 0 Å². The Morgan fingerprint density at radius 2 is 2.00 bits per heavy atom. The number of rotatable bonds is 3. The highest BCUT2D eigenvalue weighted by atomic mass is 16.5. The van der Waals surface area contributed by atoms with Crippen molar-refractivity contribution >= 4 is 5.69 Å². The minimum atomic E-state index is 0.515. The Balaban J connectivity index is 1.73. The fourth-order valence-corrected chi connectivity index (χ4v) is 3.20. The maximum atomic E-state index is 5.90. The quantitative estimate of drug-likeness (QED) is 0.886. The van der Waals surface area contributed by atoms with Gasteiger partial charge < -0.3 is 15.4 Å². The van der Waals surface area contributed by atoms with Crippen molar-refractivity contribution in [3.8, 4) is 0 Å².